The Bertz CT molecular complexity index is 652. The minimum atomic E-state index is -5.64. The van der Waals surface area contributed by atoms with Crippen LogP contribution in [0.1, 0.15) is 29.7 Å². The molecule has 0 heterocycles. The molecule has 0 bridgehead atoms. The van der Waals surface area contributed by atoms with E-state index >= 15 is 0 Å². The van der Waals surface area contributed by atoms with Crippen molar-refractivity contribution in [1.29, 1.82) is 0 Å². The fourth-order valence-electron chi connectivity index (χ4n) is 1.87. The first-order valence-corrected chi connectivity index (χ1v) is 6.42. The van der Waals surface area contributed by atoms with E-state index in [-0.39, 0.29) is 0 Å². The van der Waals surface area contributed by atoms with Gasteiger partial charge in [-0.05, 0) is 19.1 Å². The normalized spacial score (nSPS) is 14.4. The van der Waals surface area contributed by atoms with Crippen LogP contribution in [0.15, 0.2) is 12.1 Å². The number of hydrogen-bond donors (Lipinski definition) is 1. The lowest BCUT2D eigenvalue weighted by Gasteiger charge is -2.25. The van der Waals surface area contributed by atoms with E-state index in [1.807, 2.05) is 0 Å². The number of esters is 1. The zero-order valence-corrected chi connectivity index (χ0v) is 12.2. The summed E-state index contributed by atoms with van der Waals surface area (Å²) in [4.78, 5) is 11.1. The first-order chi connectivity index (χ1) is 11.1. The second kappa shape index (κ2) is 6.73. The summed E-state index contributed by atoms with van der Waals surface area (Å²) in [5, 5.41) is 0. The summed E-state index contributed by atoms with van der Waals surface area (Å²) < 4.78 is 122. The molecule has 0 aliphatic rings. The molecule has 25 heavy (non-hydrogen) atoms. The van der Waals surface area contributed by atoms with E-state index in [2.05, 4.69) is 4.74 Å². The molecule has 1 atom stereocenters. The highest BCUT2D eigenvalue weighted by atomic mass is 19.4. The van der Waals surface area contributed by atoms with Crippen molar-refractivity contribution in [2.24, 2.45) is 5.73 Å². The standard InChI is InChI=1S/C13H10F9NO2/c1-2-25-10(24)11(15,16)9(23)8-6(13(20,21)22)3-5(4-7(8)14)12(17,18)19/h3-4,9H,2,23H2,1H3/t9-/m0/s1. The molecular weight excluding hydrogens is 373 g/mol. The highest BCUT2D eigenvalue weighted by molar-refractivity contribution is 5.79. The maximum Gasteiger partial charge on any atom is 0.416 e. The van der Waals surface area contributed by atoms with Gasteiger partial charge in [-0.15, -0.1) is 0 Å². The molecule has 0 spiro atoms. The largest absolute Gasteiger partial charge is 0.462 e. The summed E-state index contributed by atoms with van der Waals surface area (Å²) in [6, 6.07) is -4.18. The summed E-state index contributed by atoms with van der Waals surface area (Å²) >= 11 is 0. The van der Waals surface area contributed by atoms with Crippen molar-refractivity contribution in [3.05, 3.63) is 34.6 Å². The summed E-state index contributed by atoms with van der Waals surface area (Å²) in [6.07, 6.45) is -11.0. The second-order valence-corrected chi connectivity index (χ2v) is 4.74. The maximum atomic E-state index is 13.8. The average Bonchev–Trinajstić information content (AvgIpc) is 2.43. The molecule has 0 saturated heterocycles. The number of alkyl halides is 8. The topological polar surface area (TPSA) is 52.3 Å². The minimum Gasteiger partial charge on any atom is -0.462 e. The summed E-state index contributed by atoms with van der Waals surface area (Å²) in [5.74, 6) is -9.43. The monoisotopic (exact) mass is 383 g/mol. The lowest BCUT2D eigenvalue weighted by Crippen LogP contribution is -2.43. The molecular formula is C13H10F9NO2. The number of nitrogens with two attached hydrogens (primary N) is 1. The number of rotatable bonds is 4. The highest BCUT2D eigenvalue weighted by Gasteiger charge is 2.52. The van der Waals surface area contributed by atoms with Gasteiger partial charge in [-0.2, -0.15) is 35.1 Å². The maximum absolute atomic E-state index is 13.8. The van der Waals surface area contributed by atoms with Gasteiger partial charge in [-0.1, -0.05) is 0 Å². The Morgan fingerprint density at radius 2 is 1.60 bits per heavy atom. The summed E-state index contributed by atoms with van der Waals surface area (Å²) in [6.45, 7) is 0.530. The van der Waals surface area contributed by atoms with Crippen molar-refractivity contribution in [2.45, 2.75) is 31.2 Å². The van der Waals surface area contributed by atoms with Gasteiger partial charge in [0.15, 0.2) is 0 Å². The Hall–Kier alpha value is -1.98. The van der Waals surface area contributed by atoms with Gasteiger partial charge in [-0.25, -0.2) is 9.18 Å². The van der Waals surface area contributed by atoms with Crippen LogP contribution in [0.4, 0.5) is 39.5 Å². The predicted molar refractivity (Wildman–Crippen MR) is 64.9 cm³/mol. The van der Waals surface area contributed by atoms with E-state index in [1.165, 1.54) is 0 Å². The summed E-state index contributed by atoms with van der Waals surface area (Å²) in [5.41, 5.74) is -1.50. The quantitative estimate of drug-likeness (QED) is 0.630. The second-order valence-electron chi connectivity index (χ2n) is 4.74. The zero-order chi connectivity index (χ0) is 19.8. The molecule has 1 aromatic rings. The fourth-order valence-corrected chi connectivity index (χ4v) is 1.87. The van der Waals surface area contributed by atoms with Crippen molar-refractivity contribution >= 4 is 5.97 Å². The van der Waals surface area contributed by atoms with Gasteiger partial charge in [0, 0.05) is 5.56 Å². The molecule has 1 rings (SSSR count). The Kier molecular flexibility index (Phi) is 5.67. The molecule has 0 saturated carbocycles. The van der Waals surface area contributed by atoms with Crippen LogP contribution in [0.2, 0.25) is 0 Å². The van der Waals surface area contributed by atoms with Crippen molar-refractivity contribution in [2.75, 3.05) is 6.61 Å². The number of ether oxygens (including phenoxy) is 1. The highest BCUT2D eigenvalue weighted by Crippen LogP contribution is 2.43. The van der Waals surface area contributed by atoms with Crippen molar-refractivity contribution in [3.8, 4) is 0 Å². The fraction of sp³-hybridized carbons (Fsp3) is 0.462. The molecule has 0 aliphatic heterocycles. The van der Waals surface area contributed by atoms with Crippen molar-refractivity contribution in [1.82, 2.24) is 0 Å². The van der Waals surface area contributed by atoms with Gasteiger partial charge in [0.1, 0.15) is 11.9 Å². The molecule has 0 fully saturated rings. The molecule has 0 aromatic heterocycles. The third kappa shape index (κ3) is 4.35. The van der Waals surface area contributed by atoms with Crippen LogP contribution in [-0.4, -0.2) is 18.5 Å². The third-order valence-electron chi connectivity index (χ3n) is 3.01. The first-order valence-electron chi connectivity index (χ1n) is 6.42. The molecule has 0 unspecified atom stereocenters. The molecule has 0 amide bonds. The number of hydrogen-bond acceptors (Lipinski definition) is 3. The molecule has 2 N–H and O–H groups in total. The van der Waals surface area contributed by atoms with E-state index in [4.69, 9.17) is 5.73 Å². The summed E-state index contributed by atoms with van der Waals surface area (Å²) in [7, 11) is 0. The van der Waals surface area contributed by atoms with Crippen LogP contribution in [0, 0.1) is 5.82 Å². The number of halogens is 9. The number of carbonyl (C=O) groups is 1. The lowest BCUT2D eigenvalue weighted by atomic mass is 9.93. The Balaban J connectivity index is 3.61. The molecule has 3 nitrogen and oxygen atoms in total. The third-order valence-corrected chi connectivity index (χ3v) is 3.01. The minimum absolute atomic E-state index is 0.411. The van der Waals surface area contributed by atoms with E-state index < -0.39 is 71.5 Å². The van der Waals surface area contributed by atoms with Gasteiger partial charge in [0.2, 0.25) is 0 Å². The van der Waals surface area contributed by atoms with Crippen LogP contribution < -0.4 is 5.73 Å². The number of benzene rings is 1. The number of carbonyl (C=O) groups excluding carboxylic acids is 1. The van der Waals surface area contributed by atoms with Crippen molar-refractivity contribution in [3.63, 3.8) is 0 Å². The van der Waals surface area contributed by atoms with Gasteiger partial charge in [-0.3, -0.25) is 0 Å². The first kappa shape index (κ1) is 21.1. The molecule has 12 heteroatoms. The van der Waals surface area contributed by atoms with Crippen LogP contribution in [-0.2, 0) is 21.9 Å². The van der Waals surface area contributed by atoms with Gasteiger partial charge in [0.25, 0.3) is 0 Å². The SMILES string of the molecule is CCOC(=O)C(F)(F)[C@@H](N)c1c(F)cc(C(F)(F)F)cc1C(F)(F)F. The van der Waals surface area contributed by atoms with E-state index in [1.54, 1.807) is 0 Å². The zero-order valence-electron chi connectivity index (χ0n) is 12.2. The van der Waals surface area contributed by atoms with Gasteiger partial charge >= 0.3 is 24.2 Å². The van der Waals surface area contributed by atoms with Crippen LogP contribution >= 0.6 is 0 Å². The molecule has 142 valence electrons. The molecule has 1 aromatic carbocycles. The Labute approximate surface area is 134 Å². The van der Waals surface area contributed by atoms with E-state index in [0.29, 0.717) is 0 Å². The molecule has 0 radical (unpaired) electrons. The smallest absolute Gasteiger partial charge is 0.416 e. The van der Waals surface area contributed by atoms with Crippen LogP contribution in [0.3, 0.4) is 0 Å². The Morgan fingerprint density at radius 3 is 2.00 bits per heavy atom. The van der Waals surface area contributed by atoms with Crippen molar-refractivity contribution < 1.29 is 49.0 Å². The predicted octanol–water partition coefficient (Wildman–Crippen LogP) is 4.06. The molecule has 0 aliphatic carbocycles. The Morgan fingerprint density at radius 1 is 1.08 bits per heavy atom. The van der Waals surface area contributed by atoms with Crippen LogP contribution in [0.25, 0.3) is 0 Å². The van der Waals surface area contributed by atoms with Crippen LogP contribution in [0.5, 0.6) is 0 Å². The van der Waals surface area contributed by atoms with E-state index in [0.717, 1.165) is 6.92 Å². The average molecular weight is 383 g/mol. The van der Waals surface area contributed by atoms with E-state index in [9.17, 15) is 44.3 Å². The van der Waals surface area contributed by atoms with Gasteiger partial charge < -0.3 is 10.5 Å². The van der Waals surface area contributed by atoms with Gasteiger partial charge in [0.05, 0.1) is 17.7 Å². The lowest BCUT2D eigenvalue weighted by molar-refractivity contribution is -0.175.